The summed E-state index contributed by atoms with van der Waals surface area (Å²) in [6.07, 6.45) is 7.64. The van der Waals surface area contributed by atoms with Gasteiger partial charge in [0, 0.05) is 42.9 Å². The number of aromatic nitrogens is 2. The molecule has 5 nitrogen and oxygen atoms in total. The Bertz CT molecular complexity index is 912. The molecule has 1 fully saturated rings. The van der Waals surface area contributed by atoms with Crippen molar-refractivity contribution in [2.24, 2.45) is 5.10 Å². The Hall–Kier alpha value is -2.83. The third kappa shape index (κ3) is 4.03. The van der Waals surface area contributed by atoms with Gasteiger partial charge in [-0.25, -0.2) is 13.8 Å². The first-order valence-corrected chi connectivity index (χ1v) is 9.54. The number of aryl methyl sites for hydroxylation is 1. The van der Waals surface area contributed by atoms with Gasteiger partial charge in [0.05, 0.1) is 11.7 Å². The summed E-state index contributed by atoms with van der Waals surface area (Å²) in [5.41, 5.74) is 1.96. The van der Waals surface area contributed by atoms with Crippen LogP contribution in [0.1, 0.15) is 55.3 Å². The van der Waals surface area contributed by atoms with Crippen LogP contribution in [0.5, 0.6) is 0 Å². The van der Waals surface area contributed by atoms with Gasteiger partial charge < -0.3 is 0 Å². The van der Waals surface area contributed by atoms with E-state index in [4.69, 9.17) is 0 Å². The Morgan fingerprint density at radius 1 is 1.21 bits per heavy atom. The fraction of sp³-hybridized carbons (Fsp3) is 0.381. The lowest BCUT2D eigenvalue weighted by Gasteiger charge is -2.23. The predicted octanol–water partition coefficient (Wildman–Crippen LogP) is 4.33. The number of carbonyl (C=O) groups is 1. The van der Waals surface area contributed by atoms with Crippen molar-refractivity contribution in [3.05, 3.63) is 65.5 Å². The highest BCUT2D eigenvalue weighted by molar-refractivity contribution is 5.94. The topological polar surface area (TPSA) is 50.5 Å². The second kappa shape index (κ2) is 7.66. The number of benzene rings is 1. The maximum Gasteiger partial charge on any atom is 0.269 e. The van der Waals surface area contributed by atoms with Gasteiger partial charge in [-0.05, 0) is 49.4 Å². The third-order valence-corrected chi connectivity index (χ3v) is 5.13. The maximum absolute atomic E-state index is 13.5. The summed E-state index contributed by atoms with van der Waals surface area (Å²) in [5, 5.41) is 9.94. The van der Waals surface area contributed by atoms with Crippen LogP contribution in [0, 0.1) is 11.6 Å². The molecule has 2 heterocycles. The molecule has 4 rings (SSSR count). The van der Waals surface area contributed by atoms with Gasteiger partial charge in [0.1, 0.15) is 11.6 Å². The molecule has 1 atom stereocenters. The molecule has 1 aliphatic heterocycles. The zero-order valence-electron chi connectivity index (χ0n) is 15.5. The molecule has 28 heavy (non-hydrogen) atoms. The summed E-state index contributed by atoms with van der Waals surface area (Å²) in [7, 11) is 0. The van der Waals surface area contributed by atoms with Crippen LogP contribution in [-0.4, -0.2) is 26.9 Å². The van der Waals surface area contributed by atoms with Crippen molar-refractivity contribution in [1.82, 2.24) is 14.8 Å². The second-order valence-corrected chi connectivity index (χ2v) is 7.39. The fourth-order valence-electron chi connectivity index (χ4n) is 3.48. The minimum atomic E-state index is -0.669. The van der Waals surface area contributed by atoms with Crippen molar-refractivity contribution in [2.45, 2.75) is 50.6 Å². The van der Waals surface area contributed by atoms with Crippen LogP contribution in [0.3, 0.4) is 0 Å². The van der Waals surface area contributed by atoms with E-state index in [-0.39, 0.29) is 5.91 Å². The average Bonchev–Trinajstić information content (AvgIpc) is 3.20. The van der Waals surface area contributed by atoms with Gasteiger partial charge >= 0.3 is 0 Å². The molecule has 1 amide bonds. The minimum absolute atomic E-state index is 0.317. The number of rotatable bonds is 7. The molecule has 146 valence electrons. The first kappa shape index (κ1) is 18.5. The molecule has 1 aromatic carbocycles. The van der Waals surface area contributed by atoms with Gasteiger partial charge in [-0.15, -0.1) is 0 Å². The molecule has 2 aromatic rings. The highest BCUT2D eigenvalue weighted by Crippen LogP contribution is 2.38. The number of hydrogen-bond acceptors (Lipinski definition) is 3. The summed E-state index contributed by atoms with van der Waals surface area (Å²) in [4.78, 5) is 12.7. The lowest BCUT2D eigenvalue weighted by molar-refractivity contribution is -0.129. The van der Waals surface area contributed by atoms with Gasteiger partial charge in [0.25, 0.3) is 5.91 Å². The quantitative estimate of drug-likeness (QED) is 0.667. The molecule has 1 unspecified atom stereocenters. The fourth-order valence-corrected chi connectivity index (χ4v) is 3.48. The van der Waals surface area contributed by atoms with E-state index in [0.29, 0.717) is 36.4 Å². The Labute approximate surface area is 162 Å². The molecule has 0 saturated heterocycles. The van der Waals surface area contributed by atoms with Crippen LogP contribution in [-0.2, 0) is 11.3 Å². The summed E-state index contributed by atoms with van der Waals surface area (Å²) in [5.74, 6) is -1.03. The molecule has 7 heteroatoms. The molecular formula is C21H22F2N4O. The predicted molar refractivity (Wildman–Crippen MR) is 102 cm³/mol. The number of amides is 1. The molecule has 1 aliphatic carbocycles. The average molecular weight is 384 g/mol. The lowest BCUT2D eigenvalue weighted by Crippen LogP contribution is -2.28. The van der Waals surface area contributed by atoms with E-state index < -0.39 is 17.7 Å². The zero-order valence-corrected chi connectivity index (χ0v) is 15.5. The van der Waals surface area contributed by atoms with Gasteiger partial charge in [-0.2, -0.15) is 10.2 Å². The minimum Gasteiger partial charge on any atom is -0.272 e. The number of carbonyl (C=O) groups excluding carboxylic acids is 1. The largest absolute Gasteiger partial charge is 0.272 e. The monoisotopic (exact) mass is 384 g/mol. The standard InChI is InChI=1S/C21H22F2N4O/c1-14(3-2-9-26-10-7-19(25-26)15-4-5-15)21(28)27-20(6-8-24-27)16-11-17(22)13-18(23)12-16/h7-8,10-13,15,20H,1-6,9H2. The van der Waals surface area contributed by atoms with E-state index in [9.17, 15) is 13.6 Å². The molecule has 0 N–H and O–H groups in total. The Kier molecular flexibility index (Phi) is 5.07. The van der Waals surface area contributed by atoms with Gasteiger partial charge in [0.2, 0.25) is 0 Å². The lowest BCUT2D eigenvalue weighted by atomic mass is 10.0. The molecule has 0 radical (unpaired) electrons. The van der Waals surface area contributed by atoms with E-state index in [1.807, 2.05) is 10.9 Å². The smallest absolute Gasteiger partial charge is 0.269 e. The number of hydrogen-bond donors (Lipinski definition) is 0. The van der Waals surface area contributed by atoms with Crippen LogP contribution in [0.4, 0.5) is 8.78 Å². The van der Waals surface area contributed by atoms with Crippen molar-refractivity contribution in [3.63, 3.8) is 0 Å². The van der Waals surface area contributed by atoms with Crippen LogP contribution in [0.15, 0.2) is 47.7 Å². The summed E-state index contributed by atoms with van der Waals surface area (Å²) in [6.45, 7) is 4.60. The maximum atomic E-state index is 13.5. The summed E-state index contributed by atoms with van der Waals surface area (Å²) >= 11 is 0. The van der Waals surface area contributed by atoms with Crippen molar-refractivity contribution in [3.8, 4) is 0 Å². The summed E-state index contributed by atoms with van der Waals surface area (Å²) < 4.78 is 29.0. The molecule has 1 saturated carbocycles. The SMILES string of the molecule is C=C(CCCn1ccc(C2CC2)n1)C(=O)N1N=CCC1c1cc(F)cc(F)c1. The normalized spacial score (nSPS) is 18.6. The molecule has 0 spiro atoms. The van der Waals surface area contributed by atoms with E-state index >= 15 is 0 Å². The third-order valence-electron chi connectivity index (χ3n) is 5.13. The second-order valence-electron chi connectivity index (χ2n) is 7.39. The van der Waals surface area contributed by atoms with Crippen molar-refractivity contribution < 1.29 is 13.6 Å². The van der Waals surface area contributed by atoms with Gasteiger partial charge in [0.15, 0.2) is 0 Å². The number of nitrogens with zero attached hydrogens (tertiary/aromatic N) is 4. The van der Waals surface area contributed by atoms with Crippen LogP contribution in [0.25, 0.3) is 0 Å². The van der Waals surface area contributed by atoms with E-state index in [0.717, 1.165) is 18.2 Å². The van der Waals surface area contributed by atoms with E-state index in [2.05, 4.69) is 22.8 Å². The first-order chi connectivity index (χ1) is 13.5. The Balaban J connectivity index is 1.34. The highest BCUT2D eigenvalue weighted by atomic mass is 19.1. The van der Waals surface area contributed by atoms with Crippen molar-refractivity contribution in [1.29, 1.82) is 0 Å². The number of halogens is 2. The van der Waals surface area contributed by atoms with Crippen molar-refractivity contribution >= 4 is 12.1 Å². The Morgan fingerprint density at radius 3 is 2.68 bits per heavy atom. The molecule has 1 aromatic heterocycles. The van der Waals surface area contributed by atoms with E-state index in [1.54, 1.807) is 6.21 Å². The molecule has 0 bridgehead atoms. The summed E-state index contributed by atoms with van der Waals surface area (Å²) in [6, 6.07) is 4.83. The van der Waals surface area contributed by atoms with Crippen LogP contribution in [0.2, 0.25) is 0 Å². The van der Waals surface area contributed by atoms with Crippen molar-refractivity contribution in [2.75, 3.05) is 0 Å². The van der Waals surface area contributed by atoms with Gasteiger partial charge in [-0.3, -0.25) is 9.48 Å². The Morgan fingerprint density at radius 2 is 1.96 bits per heavy atom. The zero-order chi connectivity index (χ0) is 19.7. The van der Waals surface area contributed by atoms with Crippen LogP contribution < -0.4 is 0 Å². The number of hydrazone groups is 1. The first-order valence-electron chi connectivity index (χ1n) is 9.54. The highest BCUT2D eigenvalue weighted by Gasteiger charge is 2.30. The molecular weight excluding hydrogens is 362 g/mol. The van der Waals surface area contributed by atoms with Crippen LogP contribution >= 0.6 is 0 Å². The molecule has 2 aliphatic rings. The van der Waals surface area contributed by atoms with E-state index in [1.165, 1.54) is 30.0 Å². The van der Waals surface area contributed by atoms with Gasteiger partial charge in [-0.1, -0.05) is 6.58 Å².